The lowest BCUT2D eigenvalue weighted by Crippen LogP contribution is -2.48. The Morgan fingerprint density at radius 3 is 2.34 bits per heavy atom. The largest absolute Gasteiger partial charge is 0.491 e. The number of aryl methyl sites for hydroxylation is 1. The molecule has 3 heterocycles. The van der Waals surface area contributed by atoms with Crippen molar-refractivity contribution in [3.63, 3.8) is 0 Å². The molecule has 9 nitrogen and oxygen atoms in total. The van der Waals surface area contributed by atoms with Crippen molar-refractivity contribution in [2.45, 2.75) is 20.0 Å². The quantitative estimate of drug-likeness (QED) is 0.702. The van der Waals surface area contributed by atoms with Gasteiger partial charge in [-0.05, 0) is 13.8 Å². The fourth-order valence-corrected chi connectivity index (χ4v) is 3.39. The molecule has 0 saturated carbocycles. The summed E-state index contributed by atoms with van der Waals surface area (Å²) < 4.78 is 35.9. The van der Waals surface area contributed by atoms with Crippen LogP contribution in [0, 0.1) is 11.6 Å². The predicted molar refractivity (Wildman–Crippen MR) is 103 cm³/mol. The Bertz CT molecular complexity index is 1080. The number of rotatable bonds is 4. The van der Waals surface area contributed by atoms with Crippen molar-refractivity contribution in [3.05, 3.63) is 34.1 Å². The zero-order chi connectivity index (χ0) is 20.7. The molecular weight excluding hydrogens is 384 g/mol. The van der Waals surface area contributed by atoms with Gasteiger partial charge >= 0.3 is 0 Å². The number of aromatic nitrogens is 5. The first-order valence-corrected chi connectivity index (χ1v) is 9.29. The summed E-state index contributed by atoms with van der Waals surface area (Å²) in [6.07, 6.45) is -0.176. The summed E-state index contributed by atoms with van der Waals surface area (Å²) in [5, 5.41) is 7.59. The van der Waals surface area contributed by atoms with Crippen molar-refractivity contribution >= 4 is 22.8 Å². The van der Waals surface area contributed by atoms with Crippen molar-refractivity contribution in [3.8, 4) is 5.75 Å². The van der Waals surface area contributed by atoms with E-state index in [0.29, 0.717) is 37.8 Å². The second-order valence-electron chi connectivity index (χ2n) is 7.15. The monoisotopic (exact) mass is 405 g/mol. The van der Waals surface area contributed by atoms with Crippen LogP contribution < -0.4 is 20.1 Å². The Morgan fingerprint density at radius 1 is 1.10 bits per heavy atom. The number of benzene rings is 1. The third kappa shape index (κ3) is 3.59. The fraction of sp³-hybridized carbons (Fsp3) is 0.444. The molecule has 0 unspecified atom stereocenters. The number of fused-ring (bicyclic) bond motifs is 1. The summed E-state index contributed by atoms with van der Waals surface area (Å²) in [5.74, 6) is -0.780. The van der Waals surface area contributed by atoms with Crippen molar-refractivity contribution in [2.75, 3.05) is 36.0 Å². The fourth-order valence-electron chi connectivity index (χ4n) is 3.39. The van der Waals surface area contributed by atoms with Gasteiger partial charge in [-0.15, -0.1) is 5.10 Å². The molecule has 1 saturated heterocycles. The Labute approximate surface area is 164 Å². The first kappa shape index (κ1) is 19.1. The molecule has 0 spiro atoms. The van der Waals surface area contributed by atoms with E-state index in [4.69, 9.17) is 4.74 Å². The average molecular weight is 405 g/mol. The molecule has 1 fully saturated rings. The van der Waals surface area contributed by atoms with E-state index in [-0.39, 0.29) is 28.6 Å². The van der Waals surface area contributed by atoms with E-state index >= 15 is 0 Å². The van der Waals surface area contributed by atoms with Gasteiger partial charge in [0.25, 0.3) is 5.56 Å². The van der Waals surface area contributed by atoms with Crippen LogP contribution in [0.2, 0.25) is 0 Å². The smallest absolute Gasteiger partial charge is 0.282 e. The standard InChI is InChI=1S/C18H21F2N7O2/c1-10(2)29-11-8-12(19)15(13(20)9-11)26-4-6-27(7-5-26)18-21-16-14(17(28)22-18)23-24-25(16)3/h8-10H,4-7H2,1-3H3,(H,21,22,28). The van der Waals surface area contributed by atoms with Crippen LogP contribution in [-0.4, -0.2) is 57.2 Å². The molecule has 2 aromatic heterocycles. The number of aromatic amines is 1. The topological polar surface area (TPSA) is 92.2 Å². The highest BCUT2D eigenvalue weighted by Gasteiger charge is 2.25. The van der Waals surface area contributed by atoms with E-state index in [1.54, 1.807) is 25.8 Å². The molecule has 0 aliphatic carbocycles. The molecule has 29 heavy (non-hydrogen) atoms. The Balaban J connectivity index is 1.53. The van der Waals surface area contributed by atoms with Gasteiger partial charge in [0.15, 0.2) is 22.8 Å². The normalized spacial score (nSPS) is 14.8. The van der Waals surface area contributed by atoms with Crippen LogP contribution in [0.4, 0.5) is 20.4 Å². The average Bonchev–Trinajstić information content (AvgIpc) is 3.03. The molecule has 4 rings (SSSR count). The highest BCUT2D eigenvalue weighted by Crippen LogP contribution is 2.30. The number of H-pyrrole nitrogens is 1. The van der Waals surface area contributed by atoms with Gasteiger partial charge in [0.1, 0.15) is 11.4 Å². The van der Waals surface area contributed by atoms with Crippen molar-refractivity contribution in [1.29, 1.82) is 0 Å². The second-order valence-corrected chi connectivity index (χ2v) is 7.15. The van der Waals surface area contributed by atoms with Gasteiger partial charge in [-0.25, -0.2) is 13.5 Å². The number of hydrogen-bond donors (Lipinski definition) is 1. The number of ether oxygens (including phenoxy) is 1. The number of hydrogen-bond acceptors (Lipinski definition) is 7. The van der Waals surface area contributed by atoms with Gasteiger partial charge in [0.05, 0.1) is 6.10 Å². The minimum Gasteiger partial charge on any atom is -0.491 e. The first-order valence-electron chi connectivity index (χ1n) is 9.29. The van der Waals surface area contributed by atoms with E-state index in [0.717, 1.165) is 0 Å². The van der Waals surface area contributed by atoms with Crippen molar-refractivity contribution < 1.29 is 13.5 Å². The summed E-state index contributed by atoms with van der Waals surface area (Å²) in [6.45, 7) is 5.18. The van der Waals surface area contributed by atoms with Crippen LogP contribution in [0.3, 0.4) is 0 Å². The maximum absolute atomic E-state index is 14.6. The Morgan fingerprint density at radius 2 is 1.72 bits per heavy atom. The van der Waals surface area contributed by atoms with Gasteiger partial charge in [-0.3, -0.25) is 9.78 Å². The third-order valence-corrected chi connectivity index (χ3v) is 4.71. The van der Waals surface area contributed by atoms with Crippen molar-refractivity contribution in [1.82, 2.24) is 25.0 Å². The van der Waals surface area contributed by atoms with E-state index in [9.17, 15) is 13.6 Å². The van der Waals surface area contributed by atoms with Crippen molar-refractivity contribution in [2.24, 2.45) is 7.05 Å². The highest BCUT2D eigenvalue weighted by molar-refractivity contribution is 5.69. The van der Waals surface area contributed by atoms with Gasteiger partial charge in [0, 0.05) is 45.4 Å². The van der Waals surface area contributed by atoms with Gasteiger partial charge in [-0.2, -0.15) is 4.98 Å². The van der Waals surface area contributed by atoms with E-state index in [2.05, 4.69) is 20.3 Å². The SMILES string of the molecule is CC(C)Oc1cc(F)c(N2CCN(c3nc4c(nnn4C)c(=O)[nH]3)CC2)c(F)c1. The Kier molecular flexibility index (Phi) is 4.81. The lowest BCUT2D eigenvalue weighted by molar-refractivity contribution is 0.240. The zero-order valence-corrected chi connectivity index (χ0v) is 16.3. The van der Waals surface area contributed by atoms with E-state index in [1.165, 1.54) is 16.8 Å². The molecule has 0 radical (unpaired) electrons. The number of piperazine rings is 1. The molecule has 154 valence electrons. The lowest BCUT2D eigenvalue weighted by atomic mass is 10.2. The van der Waals surface area contributed by atoms with Crippen LogP contribution in [0.5, 0.6) is 5.75 Å². The molecule has 0 amide bonds. The highest BCUT2D eigenvalue weighted by atomic mass is 19.1. The number of nitrogens with one attached hydrogen (secondary N) is 1. The number of halogens is 2. The second kappa shape index (κ2) is 7.30. The lowest BCUT2D eigenvalue weighted by Gasteiger charge is -2.36. The van der Waals surface area contributed by atoms with Gasteiger partial charge in [-0.1, -0.05) is 5.21 Å². The summed E-state index contributed by atoms with van der Waals surface area (Å²) >= 11 is 0. The molecule has 1 aliphatic rings. The van der Waals surface area contributed by atoms with Crippen LogP contribution in [-0.2, 0) is 7.05 Å². The molecule has 0 atom stereocenters. The van der Waals surface area contributed by atoms with Crippen LogP contribution >= 0.6 is 0 Å². The summed E-state index contributed by atoms with van der Waals surface area (Å²) in [6, 6.07) is 2.40. The first-order chi connectivity index (χ1) is 13.8. The maximum atomic E-state index is 14.6. The molecule has 11 heteroatoms. The summed E-state index contributed by atoms with van der Waals surface area (Å²) in [5.41, 5.74) is 0.0959. The molecular formula is C18H21F2N7O2. The molecule has 3 aromatic rings. The molecule has 0 bridgehead atoms. The molecule has 1 aliphatic heterocycles. The predicted octanol–water partition coefficient (Wildman–Crippen LogP) is 1.44. The minimum absolute atomic E-state index is 0.0755. The Hall–Kier alpha value is -3.24. The summed E-state index contributed by atoms with van der Waals surface area (Å²) in [4.78, 5) is 22.8. The van der Waals surface area contributed by atoms with Crippen LogP contribution in [0.25, 0.3) is 11.2 Å². The maximum Gasteiger partial charge on any atom is 0.282 e. The summed E-state index contributed by atoms with van der Waals surface area (Å²) in [7, 11) is 1.65. The molecule has 1 N–H and O–H groups in total. The van der Waals surface area contributed by atoms with Gasteiger partial charge in [0.2, 0.25) is 5.95 Å². The van der Waals surface area contributed by atoms with E-state index in [1.807, 2.05) is 4.90 Å². The van der Waals surface area contributed by atoms with Gasteiger partial charge < -0.3 is 14.5 Å². The molecule has 1 aromatic carbocycles. The van der Waals surface area contributed by atoms with Crippen LogP contribution in [0.15, 0.2) is 16.9 Å². The number of anilines is 2. The minimum atomic E-state index is -0.664. The third-order valence-electron chi connectivity index (χ3n) is 4.71. The zero-order valence-electron chi connectivity index (χ0n) is 16.3. The number of nitrogens with zero attached hydrogens (tertiary/aromatic N) is 6. The van der Waals surface area contributed by atoms with E-state index < -0.39 is 11.6 Å². The van der Waals surface area contributed by atoms with Crippen LogP contribution in [0.1, 0.15) is 13.8 Å².